The molecular weight excluding hydrogens is 335 g/mol. The number of aryl methyl sites for hydroxylation is 1. The van der Waals surface area contributed by atoms with E-state index >= 15 is 0 Å². The SMILES string of the molecule is O=C(O)NC1CCCc2cc(-c3cccc(OC(F)(F)F)c3)ccc21. The summed E-state index contributed by atoms with van der Waals surface area (Å²) >= 11 is 0. The molecule has 132 valence electrons. The highest BCUT2D eigenvalue weighted by Crippen LogP contribution is 2.34. The summed E-state index contributed by atoms with van der Waals surface area (Å²) in [6.07, 6.45) is -3.42. The summed E-state index contributed by atoms with van der Waals surface area (Å²) in [7, 11) is 0. The van der Waals surface area contributed by atoms with Crippen LogP contribution in [0.1, 0.15) is 30.0 Å². The van der Waals surface area contributed by atoms with Crippen LogP contribution < -0.4 is 10.1 Å². The van der Waals surface area contributed by atoms with Crippen molar-refractivity contribution in [1.29, 1.82) is 0 Å². The average molecular weight is 351 g/mol. The highest BCUT2D eigenvalue weighted by atomic mass is 19.4. The van der Waals surface area contributed by atoms with E-state index in [4.69, 9.17) is 5.11 Å². The van der Waals surface area contributed by atoms with Crippen LogP contribution in [0.4, 0.5) is 18.0 Å². The predicted octanol–water partition coefficient (Wildman–Crippen LogP) is 4.90. The Morgan fingerprint density at radius 2 is 1.92 bits per heavy atom. The Morgan fingerprint density at radius 1 is 1.16 bits per heavy atom. The first kappa shape index (κ1) is 17.1. The molecule has 1 aliphatic rings. The molecule has 2 N–H and O–H groups in total. The van der Waals surface area contributed by atoms with E-state index < -0.39 is 12.5 Å². The summed E-state index contributed by atoms with van der Waals surface area (Å²) in [6.45, 7) is 0. The Labute approximate surface area is 142 Å². The lowest BCUT2D eigenvalue weighted by Gasteiger charge is -2.26. The maximum atomic E-state index is 12.4. The molecule has 1 unspecified atom stereocenters. The van der Waals surface area contributed by atoms with Gasteiger partial charge < -0.3 is 15.2 Å². The molecule has 7 heteroatoms. The van der Waals surface area contributed by atoms with Crippen molar-refractivity contribution < 1.29 is 27.8 Å². The second-order valence-electron chi connectivity index (χ2n) is 5.88. The number of ether oxygens (including phenoxy) is 1. The molecule has 4 nitrogen and oxygen atoms in total. The molecule has 0 fully saturated rings. The van der Waals surface area contributed by atoms with Crippen molar-refractivity contribution >= 4 is 6.09 Å². The van der Waals surface area contributed by atoms with E-state index in [9.17, 15) is 18.0 Å². The minimum Gasteiger partial charge on any atom is -0.465 e. The molecule has 1 amide bonds. The fraction of sp³-hybridized carbons (Fsp3) is 0.278. The van der Waals surface area contributed by atoms with E-state index in [1.165, 1.54) is 18.2 Å². The van der Waals surface area contributed by atoms with E-state index in [1.54, 1.807) is 12.1 Å². The normalized spacial score (nSPS) is 16.8. The number of carboxylic acid groups (broad SMARTS) is 1. The van der Waals surface area contributed by atoms with Gasteiger partial charge in [0, 0.05) is 0 Å². The van der Waals surface area contributed by atoms with Crippen molar-refractivity contribution in [2.75, 3.05) is 0 Å². The number of hydrogen-bond donors (Lipinski definition) is 2. The van der Waals surface area contributed by atoms with Gasteiger partial charge in [-0.2, -0.15) is 0 Å². The van der Waals surface area contributed by atoms with Crippen molar-refractivity contribution in [3.8, 4) is 16.9 Å². The average Bonchev–Trinajstić information content (AvgIpc) is 2.53. The van der Waals surface area contributed by atoms with Gasteiger partial charge in [-0.25, -0.2) is 4.79 Å². The van der Waals surface area contributed by atoms with Crippen LogP contribution in [-0.2, 0) is 6.42 Å². The van der Waals surface area contributed by atoms with Crippen molar-refractivity contribution in [3.63, 3.8) is 0 Å². The fourth-order valence-electron chi connectivity index (χ4n) is 3.17. The quantitative estimate of drug-likeness (QED) is 0.827. The second-order valence-corrected chi connectivity index (χ2v) is 5.88. The summed E-state index contributed by atoms with van der Waals surface area (Å²) in [6, 6.07) is 11.1. The van der Waals surface area contributed by atoms with Gasteiger partial charge in [0.1, 0.15) is 5.75 Å². The number of nitrogens with one attached hydrogen (secondary N) is 1. The van der Waals surface area contributed by atoms with Crippen LogP contribution in [-0.4, -0.2) is 17.6 Å². The number of alkyl halides is 3. The monoisotopic (exact) mass is 351 g/mol. The van der Waals surface area contributed by atoms with Crippen molar-refractivity contribution in [3.05, 3.63) is 53.6 Å². The zero-order valence-electron chi connectivity index (χ0n) is 13.1. The molecule has 0 aromatic heterocycles. The van der Waals surface area contributed by atoms with E-state index in [2.05, 4.69) is 10.1 Å². The van der Waals surface area contributed by atoms with Crippen molar-refractivity contribution in [2.45, 2.75) is 31.7 Å². The Morgan fingerprint density at radius 3 is 2.64 bits per heavy atom. The van der Waals surface area contributed by atoms with E-state index in [1.807, 2.05) is 12.1 Å². The van der Waals surface area contributed by atoms with Gasteiger partial charge in [-0.05, 0) is 53.6 Å². The van der Waals surface area contributed by atoms with Crippen LogP contribution in [0.25, 0.3) is 11.1 Å². The molecule has 2 aromatic rings. The Bertz CT molecular complexity index is 789. The first-order chi connectivity index (χ1) is 11.8. The third-order valence-electron chi connectivity index (χ3n) is 4.16. The zero-order valence-corrected chi connectivity index (χ0v) is 13.1. The van der Waals surface area contributed by atoms with Gasteiger partial charge >= 0.3 is 12.5 Å². The minimum atomic E-state index is -4.73. The number of hydrogen-bond acceptors (Lipinski definition) is 2. The van der Waals surface area contributed by atoms with Gasteiger partial charge in [-0.15, -0.1) is 13.2 Å². The van der Waals surface area contributed by atoms with Gasteiger partial charge in [0.15, 0.2) is 0 Å². The standard InChI is InChI=1S/C18H16F3NO3/c19-18(20,21)25-14-5-1-3-11(10-14)12-7-8-15-13(9-12)4-2-6-16(15)22-17(23)24/h1,3,5,7-10,16,22H,2,4,6H2,(H,23,24). The summed E-state index contributed by atoms with van der Waals surface area (Å²) in [5, 5.41) is 11.4. The number of benzene rings is 2. The maximum Gasteiger partial charge on any atom is 0.573 e. The molecule has 0 aliphatic heterocycles. The van der Waals surface area contributed by atoms with Crippen molar-refractivity contribution in [2.24, 2.45) is 0 Å². The van der Waals surface area contributed by atoms with Crippen LogP contribution in [0.15, 0.2) is 42.5 Å². The summed E-state index contributed by atoms with van der Waals surface area (Å²) in [5.74, 6) is -0.270. The molecule has 0 spiro atoms. The van der Waals surface area contributed by atoms with Gasteiger partial charge in [0.05, 0.1) is 6.04 Å². The maximum absolute atomic E-state index is 12.4. The lowest BCUT2D eigenvalue weighted by atomic mass is 9.86. The number of carbonyl (C=O) groups is 1. The third-order valence-corrected chi connectivity index (χ3v) is 4.16. The molecule has 2 aromatic carbocycles. The largest absolute Gasteiger partial charge is 0.573 e. The molecular formula is C18H16F3NO3. The molecule has 0 bridgehead atoms. The Kier molecular flexibility index (Phi) is 4.57. The first-order valence-electron chi connectivity index (χ1n) is 7.80. The molecule has 25 heavy (non-hydrogen) atoms. The number of fused-ring (bicyclic) bond motifs is 1. The Balaban J connectivity index is 1.90. The van der Waals surface area contributed by atoms with Gasteiger partial charge in [0.2, 0.25) is 0 Å². The number of rotatable bonds is 3. The smallest absolute Gasteiger partial charge is 0.465 e. The van der Waals surface area contributed by atoms with E-state index in [0.29, 0.717) is 5.56 Å². The zero-order chi connectivity index (χ0) is 18.0. The molecule has 0 heterocycles. The molecule has 1 aliphatic carbocycles. The van der Waals surface area contributed by atoms with Crippen LogP contribution in [0.5, 0.6) is 5.75 Å². The number of amides is 1. The Hall–Kier alpha value is -2.70. The minimum absolute atomic E-state index is 0.254. The van der Waals surface area contributed by atoms with Crippen LogP contribution in [0.3, 0.4) is 0 Å². The van der Waals surface area contributed by atoms with Gasteiger partial charge in [0.25, 0.3) is 0 Å². The van der Waals surface area contributed by atoms with Crippen LogP contribution >= 0.6 is 0 Å². The summed E-state index contributed by atoms with van der Waals surface area (Å²) in [5.41, 5.74) is 3.30. The summed E-state index contributed by atoms with van der Waals surface area (Å²) in [4.78, 5) is 10.9. The first-order valence-corrected chi connectivity index (χ1v) is 7.80. The summed E-state index contributed by atoms with van der Waals surface area (Å²) < 4.78 is 41.1. The molecule has 0 saturated heterocycles. The van der Waals surface area contributed by atoms with Crippen molar-refractivity contribution in [1.82, 2.24) is 5.32 Å². The third kappa shape index (κ3) is 4.23. The lowest BCUT2D eigenvalue weighted by Crippen LogP contribution is -2.29. The van der Waals surface area contributed by atoms with E-state index in [-0.39, 0.29) is 11.8 Å². The molecule has 3 rings (SSSR count). The molecule has 0 saturated carbocycles. The van der Waals surface area contributed by atoms with Crippen LogP contribution in [0, 0.1) is 0 Å². The highest BCUT2D eigenvalue weighted by molar-refractivity contribution is 5.68. The van der Waals surface area contributed by atoms with Gasteiger partial charge in [-0.3, -0.25) is 0 Å². The lowest BCUT2D eigenvalue weighted by molar-refractivity contribution is -0.274. The highest BCUT2D eigenvalue weighted by Gasteiger charge is 2.31. The number of halogens is 3. The van der Waals surface area contributed by atoms with Crippen LogP contribution in [0.2, 0.25) is 0 Å². The molecule has 0 radical (unpaired) electrons. The fourth-order valence-corrected chi connectivity index (χ4v) is 3.17. The predicted molar refractivity (Wildman–Crippen MR) is 85.4 cm³/mol. The topological polar surface area (TPSA) is 58.6 Å². The molecule has 1 atom stereocenters. The van der Waals surface area contributed by atoms with Gasteiger partial charge in [-0.1, -0.05) is 30.3 Å². The second kappa shape index (κ2) is 6.66. The van der Waals surface area contributed by atoms with E-state index in [0.717, 1.165) is 36.0 Å².